The average molecular weight is 378 g/mol. The molecule has 2 unspecified atom stereocenters. The molecule has 0 aromatic carbocycles. The lowest BCUT2D eigenvalue weighted by molar-refractivity contribution is 0.0787. The van der Waals surface area contributed by atoms with Crippen LogP contribution < -0.4 is 0 Å². The highest BCUT2D eigenvalue weighted by Gasteiger charge is 2.41. The van der Waals surface area contributed by atoms with Gasteiger partial charge in [0.25, 0.3) is 5.91 Å². The number of hydrogen-bond donors (Lipinski definition) is 0. The molecule has 28 heavy (non-hydrogen) atoms. The molecule has 3 aromatic heterocycles. The van der Waals surface area contributed by atoms with Crippen LogP contribution in [-0.4, -0.2) is 39.0 Å². The van der Waals surface area contributed by atoms with E-state index in [4.69, 9.17) is 13.9 Å². The Kier molecular flexibility index (Phi) is 4.43. The van der Waals surface area contributed by atoms with Crippen molar-refractivity contribution in [3.63, 3.8) is 0 Å². The third-order valence-corrected chi connectivity index (χ3v) is 5.98. The third kappa shape index (κ3) is 3.10. The summed E-state index contributed by atoms with van der Waals surface area (Å²) in [6.45, 7) is 1.12. The first-order valence-electron chi connectivity index (χ1n) is 9.84. The van der Waals surface area contributed by atoms with Crippen molar-refractivity contribution in [2.45, 2.75) is 43.4 Å². The second-order valence-electron chi connectivity index (χ2n) is 7.69. The van der Waals surface area contributed by atoms with E-state index in [1.807, 2.05) is 23.2 Å². The van der Waals surface area contributed by atoms with Gasteiger partial charge < -0.3 is 13.8 Å². The summed E-state index contributed by atoms with van der Waals surface area (Å²) in [4.78, 5) is 23.7. The fourth-order valence-corrected chi connectivity index (χ4v) is 4.47. The summed E-state index contributed by atoms with van der Waals surface area (Å²) >= 11 is 0. The van der Waals surface area contributed by atoms with E-state index in [1.165, 1.54) is 25.4 Å². The van der Waals surface area contributed by atoms with Crippen molar-refractivity contribution in [2.24, 2.45) is 0 Å². The van der Waals surface area contributed by atoms with Gasteiger partial charge in [0.05, 0.1) is 17.7 Å². The normalized spacial score (nSPS) is 22.8. The molecule has 1 aliphatic heterocycles. The van der Waals surface area contributed by atoms with Crippen LogP contribution in [0.2, 0.25) is 0 Å². The molecule has 1 saturated heterocycles. The van der Waals surface area contributed by atoms with Gasteiger partial charge in [0.15, 0.2) is 5.82 Å². The van der Waals surface area contributed by atoms with E-state index in [-0.39, 0.29) is 17.7 Å². The summed E-state index contributed by atoms with van der Waals surface area (Å²) < 4.78 is 10.8. The summed E-state index contributed by atoms with van der Waals surface area (Å²) in [6.07, 6.45) is 11.3. The van der Waals surface area contributed by atoms with E-state index in [1.54, 1.807) is 12.3 Å². The van der Waals surface area contributed by atoms with Crippen LogP contribution in [0.25, 0.3) is 0 Å². The van der Waals surface area contributed by atoms with Gasteiger partial charge in [0.1, 0.15) is 6.26 Å². The van der Waals surface area contributed by atoms with Crippen molar-refractivity contribution >= 4 is 5.91 Å². The number of rotatable bonds is 4. The average Bonchev–Trinajstić information content (AvgIpc) is 3.53. The van der Waals surface area contributed by atoms with Crippen LogP contribution in [-0.2, 0) is 0 Å². The molecule has 4 heterocycles. The number of pyridine rings is 1. The van der Waals surface area contributed by atoms with Crippen molar-refractivity contribution < 1.29 is 13.7 Å². The highest BCUT2D eigenvalue weighted by molar-refractivity contribution is 5.94. The van der Waals surface area contributed by atoms with Crippen LogP contribution >= 0.6 is 0 Å². The number of carbonyl (C=O) groups excluding carboxylic acids is 1. The van der Waals surface area contributed by atoms with Gasteiger partial charge in [0, 0.05) is 37.3 Å². The maximum absolute atomic E-state index is 12.9. The number of likely N-dealkylation sites (tertiary alicyclic amines) is 1. The number of amides is 1. The van der Waals surface area contributed by atoms with Crippen molar-refractivity contribution in [1.29, 1.82) is 0 Å². The van der Waals surface area contributed by atoms with Crippen molar-refractivity contribution in [2.75, 3.05) is 13.1 Å². The van der Waals surface area contributed by atoms with E-state index in [9.17, 15) is 4.79 Å². The van der Waals surface area contributed by atoms with E-state index < -0.39 is 0 Å². The molecule has 144 valence electrons. The van der Waals surface area contributed by atoms with Crippen molar-refractivity contribution in [3.05, 3.63) is 66.0 Å². The van der Waals surface area contributed by atoms with E-state index in [2.05, 4.69) is 10.1 Å². The summed E-state index contributed by atoms with van der Waals surface area (Å²) in [7, 11) is 0. The molecule has 2 fully saturated rings. The smallest absolute Gasteiger partial charge is 0.257 e. The molecule has 1 amide bonds. The second kappa shape index (κ2) is 7.22. The quantitative estimate of drug-likeness (QED) is 0.687. The Bertz CT molecular complexity index is 932. The molecular formula is C21H22N4O3. The maximum atomic E-state index is 12.9. The Morgan fingerprint density at radius 3 is 2.75 bits per heavy atom. The number of hydrogen-bond acceptors (Lipinski definition) is 6. The SMILES string of the molecule is O=C(c1ccoc1)N1CC(c2cccnc2)C(c2nc(C3CCCC3)no2)C1. The van der Waals surface area contributed by atoms with Gasteiger partial charge in [-0.3, -0.25) is 9.78 Å². The zero-order chi connectivity index (χ0) is 18.9. The minimum absolute atomic E-state index is 0.0392. The van der Waals surface area contributed by atoms with E-state index >= 15 is 0 Å². The number of carbonyl (C=O) groups is 1. The Labute approximate surface area is 162 Å². The van der Waals surface area contributed by atoms with Gasteiger partial charge in [-0.1, -0.05) is 24.1 Å². The molecule has 1 saturated carbocycles. The Balaban J connectivity index is 1.44. The summed E-state index contributed by atoms with van der Waals surface area (Å²) in [5.74, 6) is 1.83. The minimum atomic E-state index is -0.0410. The monoisotopic (exact) mass is 378 g/mol. The highest BCUT2D eigenvalue weighted by atomic mass is 16.5. The lowest BCUT2D eigenvalue weighted by atomic mass is 9.90. The van der Waals surface area contributed by atoms with Crippen molar-refractivity contribution in [3.8, 4) is 0 Å². The lowest BCUT2D eigenvalue weighted by Crippen LogP contribution is -2.28. The molecule has 0 radical (unpaired) electrons. The Hall–Kier alpha value is -2.96. The minimum Gasteiger partial charge on any atom is -0.472 e. The first-order chi connectivity index (χ1) is 13.8. The van der Waals surface area contributed by atoms with Crippen molar-refractivity contribution in [1.82, 2.24) is 20.0 Å². The molecule has 0 N–H and O–H groups in total. The Morgan fingerprint density at radius 2 is 2.00 bits per heavy atom. The molecule has 2 atom stereocenters. The van der Waals surface area contributed by atoms with E-state index in [0.29, 0.717) is 30.5 Å². The van der Waals surface area contributed by atoms with Gasteiger partial charge in [-0.05, 0) is 30.5 Å². The van der Waals surface area contributed by atoms with Crippen LogP contribution in [0.1, 0.15) is 71.1 Å². The molecule has 1 aliphatic carbocycles. The zero-order valence-electron chi connectivity index (χ0n) is 15.5. The van der Waals surface area contributed by atoms with Crippen LogP contribution in [0.3, 0.4) is 0 Å². The fourth-order valence-electron chi connectivity index (χ4n) is 4.47. The zero-order valence-corrected chi connectivity index (χ0v) is 15.5. The van der Waals surface area contributed by atoms with E-state index in [0.717, 1.165) is 24.2 Å². The first kappa shape index (κ1) is 17.2. The predicted octanol–water partition coefficient (Wildman–Crippen LogP) is 3.74. The standard InChI is InChI=1S/C21H22N4O3/c26-21(16-7-9-27-13-16)25-11-17(15-6-3-8-22-10-15)18(12-25)20-23-19(24-28-20)14-4-1-2-5-14/h3,6-10,13-14,17-18H,1-2,4-5,11-12H2. The number of aromatic nitrogens is 3. The van der Waals surface area contributed by atoms with Gasteiger partial charge in [-0.2, -0.15) is 4.98 Å². The molecule has 0 spiro atoms. The summed E-state index contributed by atoms with van der Waals surface area (Å²) in [6, 6.07) is 5.66. The lowest BCUT2D eigenvalue weighted by Gasteiger charge is -2.15. The van der Waals surface area contributed by atoms with Crippen LogP contribution in [0.4, 0.5) is 0 Å². The predicted molar refractivity (Wildman–Crippen MR) is 99.8 cm³/mol. The van der Waals surface area contributed by atoms with Gasteiger partial charge in [-0.25, -0.2) is 0 Å². The molecule has 7 heteroatoms. The topological polar surface area (TPSA) is 85.3 Å². The second-order valence-corrected chi connectivity index (χ2v) is 7.69. The fraction of sp³-hybridized carbons (Fsp3) is 0.429. The third-order valence-electron chi connectivity index (χ3n) is 5.98. The van der Waals surface area contributed by atoms with Gasteiger partial charge in [-0.15, -0.1) is 0 Å². The largest absolute Gasteiger partial charge is 0.472 e. The molecular weight excluding hydrogens is 356 g/mol. The first-order valence-corrected chi connectivity index (χ1v) is 9.84. The molecule has 5 rings (SSSR count). The van der Waals surface area contributed by atoms with Gasteiger partial charge >= 0.3 is 0 Å². The van der Waals surface area contributed by atoms with Crippen LogP contribution in [0, 0.1) is 0 Å². The van der Waals surface area contributed by atoms with Crippen LogP contribution in [0.15, 0.2) is 52.1 Å². The molecule has 3 aromatic rings. The summed E-state index contributed by atoms with van der Waals surface area (Å²) in [5, 5.41) is 4.27. The van der Waals surface area contributed by atoms with Gasteiger partial charge in [0.2, 0.25) is 5.89 Å². The maximum Gasteiger partial charge on any atom is 0.257 e. The molecule has 7 nitrogen and oxygen atoms in total. The number of nitrogens with zero attached hydrogens (tertiary/aromatic N) is 4. The number of furan rings is 1. The summed E-state index contributed by atoms with van der Waals surface area (Å²) in [5.41, 5.74) is 1.64. The molecule has 0 bridgehead atoms. The van der Waals surface area contributed by atoms with Crippen LogP contribution in [0.5, 0.6) is 0 Å². The Morgan fingerprint density at radius 1 is 1.14 bits per heavy atom. The highest BCUT2D eigenvalue weighted by Crippen LogP contribution is 2.40. The molecule has 2 aliphatic rings.